The number of aromatic amines is 1. The number of carbonyl (C=O) groups is 1. The molecular weight excluding hydrogens is 276 g/mol. The number of nitro groups is 1. The van der Waals surface area contributed by atoms with Gasteiger partial charge in [-0.05, 0) is 12.0 Å². The lowest BCUT2D eigenvalue weighted by Gasteiger charge is -2.17. The molecule has 110 valence electrons. The van der Waals surface area contributed by atoms with Crippen LogP contribution in [0.25, 0.3) is 0 Å². The van der Waals surface area contributed by atoms with Crippen molar-refractivity contribution in [1.29, 1.82) is 0 Å². The van der Waals surface area contributed by atoms with Crippen LogP contribution in [-0.2, 0) is 0 Å². The van der Waals surface area contributed by atoms with Crippen molar-refractivity contribution in [2.24, 2.45) is 0 Å². The van der Waals surface area contributed by atoms with Crippen molar-refractivity contribution in [3.05, 3.63) is 57.9 Å². The maximum Gasteiger partial charge on any atom is 0.319 e. The molecule has 1 unspecified atom stereocenters. The van der Waals surface area contributed by atoms with Gasteiger partial charge in [0.25, 0.3) is 5.91 Å². The van der Waals surface area contributed by atoms with E-state index in [1.54, 1.807) is 0 Å². The summed E-state index contributed by atoms with van der Waals surface area (Å²) in [5.41, 5.74) is 0.212. The minimum absolute atomic E-state index is 0.120. The number of amides is 1. The van der Waals surface area contributed by atoms with Crippen molar-refractivity contribution < 1.29 is 14.8 Å². The van der Waals surface area contributed by atoms with Gasteiger partial charge < -0.3 is 10.4 Å². The average molecular weight is 290 g/mol. The van der Waals surface area contributed by atoms with Crippen molar-refractivity contribution >= 4 is 11.6 Å². The van der Waals surface area contributed by atoms with Crippen molar-refractivity contribution in [3.63, 3.8) is 0 Å². The van der Waals surface area contributed by atoms with Gasteiger partial charge in [0.15, 0.2) is 0 Å². The monoisotopic (exact) mass is 290 g/mol. The number of aromatic nitrogens is 2. The molecular formula is C13H14N4O4. The Kier molecular flexibility index (Phi) is 4.62. The third-order valence-electron chi connectivity index (χ3n) is 2.97. The van der Waals surface area contributed by atoms with E-state index < -0.39 is 16.9 Å². The van der Waals surface area contributed by atoms with Crippen LogP contribution in [0.2, 0.25) is 0 Å². The van der Waals surface area contributed by atoms with E-state index in [1.807, 2.05) is 30.3 Å². The number of hydrogen-bond acceptors (Lipinski definition) is 5. The van der Waals surface area contributed by atoms with Crippen LogP contribution in [0, 0.1) is 10.1 Å². The Balaban J connectivity index is 2.19. The van der Waals surface area contributed by atoms with E-state index >= 15 is 0 Å². The highest BCUT2D eigenvalue weighted by Gasteiger charge is 2.25. The summed E-state index contributed by atoms with van der Waals surface area (Å²) in [6, 6.07) is 8.63. The fraction of sp³-hybridized carbons (Fsp3) is 0.231. The SMILES string of the molecule is O=C(NC(CCO)c1ccccc1)c1[nH]ncc1[N+](=O)[O-]. The first-order valence-electron chi connectivity index (χ1n) is 6.28. The van der Waals surface area contributed by atoms with Gasteiger partial charge in [0.05, 0.1) is 11.0 Å². The van der Waals surface area contributed by atoms with Gasteiger partial charge in [-0.15, -0.1) is 0 Å². The third-order valence-corrected chi connectivity index (χ3v) is 2.97. The Morgan fingerprint density at radius 2 is 2.14 bits per heavy atom. The van der Waals surface area contributed by atoms with Crippen LogP contribution in [0.3, 0.4) is 0 Å². The van der Waals surface area contributed by atoms with Gasteiger partial charge in [0.1, 0.15) is 6.20 Å². The quantitative estimate of drug-likeness (QED) is 0.544. The fourth-order valence-electron chi connectivity index (χ4n) is 1.95. The summed E-state index contributed by atoms with van der Waals surface area (Å²) in [6.45, 7) is -0.120. The molecule has 0 radical (unpaired) electrons. The number of nitrogens with one attached hydrogen (secondary N) is 2. The van der Waals surface area contributed by atoms with Gasteiger partial charge in [-0.2, -0.15) is 5.10 Å². The summed E-state index contributed by atoms with van der Waals surface area (Å²) < 4.78 is 0. The van der Waals surface area contributed by atoms with Crippen molar-refractivity contribution in [1.82, 2.24) is 15.5 Å². The number of aliphatic hydroxyl groups excluding tert-OH is 1. The predicted octanol–water partition coefficient (Wildman–Crippen LogP) is 1.17. The Labute approximate surface area is 120 Å². The first-order chi connectivity index (χ1) is 10.1. The highest BCUT2D eigenvalue weighted by atomic mass is 16.6. The van der Waals surface area contributed by atoms with Crippen LogP contribution in [0.15, 0.2) is 36.5 Å². The molecule has 0 bridgehead atoms. The van der Waals surface area contributed by atoms with E-state index in [-0.39, 0.29) is 18.0 Å². The highest BCUT2D eigenvalue weighted by molar-refractivity contribution is 5.96. The maximum atomic E-state index is 12.1. The van der Waals surface area contributed by atoms with Crippen LogP contribution >= 0.6 is 0 Å². The van der Waals surface area contributed by atoms with Crippen molar-refractivity contribution in [2.45, 2.75) is 12.5 Å². The van der Waals surface area contributed by atoms with Gasteiger partial charge in [-0.1, -0.05) is 30.3 Å². The van der Waals surface area contributed by atoms with Crippen molar-refractivity contribution in [2.75, 3.05) is 6.61 Å². The van der Waals surface area contributed by atoms with E-state index in [1.165, 1.54) is 0 Å². The van der Waals surface area contributed by atoms with E-state index in [0.29, 0.717) is 6.42 Å². The Hall–Kier alpha value is -2.74. The minimum Gasteiger partial charge on any atom is -0.396 e. The summed E-state index contributed by atoms with van der Waals surface area (Å²) in [5.74, 6) is -0.637. The van der Waals surface area contributed by atoms with Crippen molar-refractivity contribution in [3.8, 4) is 0 Å². The largest absolute Gasteiger partial charge is 0.396 e. The number of carbonyl (C=O) groups excluding carboxylic acids is 1. The van der Waals surface area contributed by atoms with E-state index in [4.69, 9.17) is 5.11 Å². The topological polar surface area (TPSA) is 121 Å². The minimum atomic E-state index is -0.679. The van der Waals surface area contributed by atoms with Gasteiger partial charge in [-0.3, -0.25) is 20.0 Å². The van der Waals surface area contributed by atoms with E-state index in [2.05, 4.69) is 15.5 Å². The molecule has 8 nitrogen and oxygen atoms in total. The van der Waals surface area contributed by atoms with Crippen LogP contribution in [0.1, 0.15) is 28.5 Å². The van der Waals surface area contributed by atoms with E-state index in [0.717, 1.165) is 11.8 Å². The number of aliphatic hydroxyl groups is 1. The maximum absolute atomic E-state index is 12.1. The number of hydrogen-bond donors (Lipinski definition) is 3. The molecule has 2 aromatic rings. The second-order valence-electron chi connectivity index (χ2n) is 4.34. The van der Waals surface area contributed by atoms with Gasteiger partial charge >= 0.3 is 5.69 Å². The number of nitrogens with zero attached hydrogens (tertiary/aromatic N) is 2. The van der Waals surface area contributed by atoms with Gasteiger partial charge in [0, 0.05) is 6.61 Å². The zero-order valence-corrected chi connectivity index (χ0v) is 11.0. The van der Waals surface area contributed by atoms with Crippen LogP contribution < -0.4 is 5.32 Å². The van der Waals surface area contributed by atoms with Crippen LogP contribution in [-0.4, -0.2) is 32.7 Å². The molecule has 0 aliphatic rings. The van der Waals surface area contributed by atoms with Crippen LogP contribution in [0.4, 0.5) is 5.69 Å². The van der Waals surface area contributed by atoms with E-state index in [9.17, 15) is 14.9 Å². The number of H-pyrrole nitrogens is 1. The Morgan fingerprint density at radius 3 is 2.76 bits per heavy atom. The predicted molar refractivity (Wildman–Crippen MR) is 73.6 cm³/mol. The Bertz CT molecular complexity index is 626. The molecule has 21 heavy (non-hydrogen) atoms. The molecule has 1 amide bonds. The summed E-state index contributed by atoms with van der Waals surface area (Å²) in [7, 11) is 0. The standard InChI is InChI=1S/C13H14N4O4/c18-7-6-10(9-4-2-1-3-5-9)15-13(19)12-11(17(20)21)8-14-16-12/h1-5,8,10,18H,6-7H2,(H,14,16)(H,15,19). The highest BCUT2D eigenvalue weighted by Crippen LogP contribution is 2.19. The lowest BCUT2D eigenvalue weighted by atomic mass is 10.0. The van der Waals surface area contributed by atoms with Gasteiger partial charge in [0.2, 0.25) is 5.69 Å². The zero-order chi connectivity index (χ0) is 15.2. The molecule has 1 aromatic carbocycles. The lowest BCUT2D eigenvalue weighted by Crippen LogP contribution is -2.30. The normalized spacial score (nSPS) is 11.9. The molecule has 1 heterocycles. The summed E-state index contributed by atoms with van der Waals surface area (Å²) in [5, 5.41) is 28.4. The molecule has 0 aliphatic heterocycles. The summed E-state index contributed by atoms with van der Waals surface area (Å²) in [6.07, 6.45) is 1.29. The second-order valence-corrected chi connectivity index (χ2v) is 4.34. The molecule has 3 N–H and O–H groups in total. The smallest absolute Gasteiger partial charge is 0.319 e. The van der Waals surface area contributed by atoms with Crippen LogP contribution in [0.5, 0.6) is 0 Å². The first-order valence-corrected chi connectivity index (χ1v) is 6.28. The molecule has 1 atom stereocenters. The Morgan fingerprint density at radius 1 is 1.43 bits per heavy atom. The second kappa shape index (κ2) is 6.62. The molecule has 0 spiro atoms. The number of rotatable bonds is 6. The molecule has 0 fully saturated rings. The fourth-order valence-corrected chi connectivity index (χ4v) is 1.95. The van der Waals surface area contributed by atoms with Gasteiger partial charge in [-0.25, -0.2) is 0 Å². The summed E-state index contributed by atoms with van der Waals surface area (Å²) >= 11 is 0. The molecule has 0 saturated heterocycles. The molecule has 2 rings (SSSR count). The molecule has 0 aliphatic carbocycles. The molecule has 0 saturated carbocycles. The number of benzene rings is 1. The lowest BCUT2D eigenvalue weighted by molar-refractivity contribution is -0.385. The first kappa shape index (κ1) is 14.7. The summed E-state index contributed by atoms with van der Waals surface area (Å²) in [4.78, 5) is 22.2. The molecule has 8 heteroatoms. The average Bonchev–Trinajstić information content (AvgIpc) is 2.97. The zero-order valence-electron chi connectivity index (χ0n) is 11.0. The molecule has 1 aromatic heterocycles. The third kappa shape index (κ3) is 3.42.